The van der Waals surface area contributed by atoms with Crippen molar-refractivity contribution in [3.8, 4) is 0 Å². The molecule has 1 aromatic carbocycles. The third-order valence-corrected chi connectivity index (χ3v) is 6.30. The fourth-order valence-electron chi connectivity index (χ4n) is 3.68. The van der Waals surface area contributed by atoms with Crippen molar-refractivity contribution in [2.24, 2.45) is 5.92 Å². The zero-order valence-corrected chi connectivity index (χ0v) is 14.6. The van der Waals surface area contributed by atoms with Crippen LogP contribution in [0.3, 0.4) is 0 Å². The molecule has 0 aromatic heterocycles. The van der Waals surface area contributed by atoms with Crippen LogP contribution >= 0.6 is 23.4 Å². The van der Waals surface area contributed by atoms with Gasteiger partial charge in [-0.1, -0.05) is 17.7 Å². The van der Waals surface area contributed by atoms with E-state index in [1.54, 1.807) is 12.1 Å². The Hall–Kier alpha value is -0.290. The van der Waals surface area contributed by atoms with Crippen LogP contribution in [0.5, 0.6) is 0 Å². The predicted molar refractivity (Wildman–Crippen MR) is 93.2 cm³/mol. The molecule has 1 N–H and O–H groups in total. The molecule has 0 amide bonds. The molecule has 0 unspecified atom stereocenters. The van der Waals surface area contributed by atoms with Crippen molar-refractivity contribution in [3.63, 3.8) is 0 Å². The molecule has 0 radical (unpaired) electrons. The summed E-state index contributed by atoms with van der Waals surface area (Å²) >= 11 is 7.88. The highest BCUT2D eigenvalue weighted by molar-refractivity contribution is 7.99. The Morgan fingerprint density at radius 2 is 2.09 bits per heavy atom. The van der Waals surface area contributed by atoms with Crippen LogP contribution in [0.2, 0.25) is 5.02 Å². The molecule has 2 aliphatic rings. The molecule has 2 aliphatic heterocycles. The molecule has 122 valence electrons. The number of thioether (sulfide) groups is 1. The van der Waals surface area contributed by atoms with Crippen molar-refractivity contribution < 1.29 is 4.39 Å². The maximum atomic E-state index is 13.8. The number of likely N-dealkylation sites (tertiary alicyclic amines) is 1. The summed E-state index contributed by atoms with van der Waals surface area (Å²) in [4.78, 5) is 2.34. The van der Waals surface area contributed by atoms with E-state index in [1.807, 2.05) is 6.07 Å². The minimum Gasteiger partial charge on any atom is -0.314 e. The molecule has 3 rings (SSSR count). The number of hydrogen-bond donors (Lipinski definition) is 1. The summed E-state index contributed by atoms with van der Waals surface area (Å²) < 4.78 is 13.8. The number of nitrogens with zero attached hydrogens (tertiary/aromatic N) is 1. The SMILES string of the molecule is CN1CC[C@@H](CNC2CCSCC2)[C@@H]1c1ccc(Cl)c(F)c1. The van der Waals surface area contributed by atoms with Gasteiger partial charge in [0.05, 0.1) is 5.02 Å². The second-order valence-electron chi connectivity index (χ2n) is 6.44. The first-order valence-corrected chi connectivity index (χ1v) is 9.64. The third kappa shape index (κ3) is 3.78. The van der Waals surface area contributed by atoms with Crippen LogP contribution in [-0.4, -0.2) is 42.6 Å². The third-order valence-electron chi connectivity index (χ3n) is 4.95. The van der Waals surface area contributed by atoms with E-state index in [4.69, 9.17) is 11.6 Å². The van der Waals surface area contributed by atoms with E-state index in [2.05, 4.69) is 29.0 Å². The molecule has 5 heteroatoms. The predicted octanol–water partition coefficient (Wildman–Crippen LogP) is 3.96. The normalized spacial score (nSPS) is 27.4. The largest absolute Gasteiger partial charge is 0.314 e. The lowest BCUT2D eigenvalue weighted by molar-refractivity contribution is 0.265. The summed E-state index contributed by atoms with van der Waals surface area (Å²) in [6.45, 7) is 2.09. The summed E-state index contributed by atoms with van der Waals surface area (Å²) in [5.74, 6) is 2.78. The number of halogens is 2. The first kappa shape index (κ1) is 16.6. The van der Waals surface area contributed by atoms with Crippen molar-refractivity contribution in [3.05, 3.63) is 34.6 Å². The van der Waals surface area contributed by atoms with Gasteiger partial charge in [-0.2, -0.15) is 11.8 Å². The molecule has 1 aromatic rings. The van der Waals surface area contributed by atoms with Crippen LogP contribution in [0.15, 0.2) is 18.2 Å². The molecule has 2 nitrogen and oxygen atoms in total. The summed E-state index contributed by atoms with van der Waals surface area (Å²) in [7, 11) is 2.13. The second-order valence-corrected chi connectivity index (χ2v) is 8.07. The first-order valence-electron chi connectivity index (χ1n) is 8.11. The molecule has 2 heterocycles. The Kier molecular flexibility index (Phi) is 5.66. The van der Waals surface area contributed by atoms with Gasteiger partial charge < -0.3 is 5.32 Å². The quantitative estimate of drug-likeness (QED) is 0.891. The highest BCUT2D eigenvalue weighted by atomic mass is 35.5. The minimum absolute atomic E-state index is 0.207. The molecular formula is C17H24ClFN2S. The topological polar surface area (TPSA) is 15.3 Å². The van der Waals surface area contributed by atoms with Crippen LogP contribution in [-0.2, 0) is 0 Å². The Balaban J connectivity index is 1.66. The summed E-state index contributed by atoms with van der Waals surface area (Å²) in [5.41, 5.74) is 1.05. The Morgan fingerprint density at radius 3 is 2.82 bits per heavy atom. The lowest BCUT2D eigenvalue weighted by Gasteiger charge is -2.29. The van der Waals surface area contributed by atoms with Gasteiger partial charge in [-0.05, 0) is 68.0 Å². The first-order chi connectivity index (χ1) is 10.6. The maximum Gasteiger partial charge on any atom is 0.142 e. The second kappa shape index (κ2) is 7.52. The van der Waals surface area contributed by atoms with Crippen molar-refractivity contribution >= 4 is 23.4 Å². The molecule has 0 spiro atoms. The lowest BCUT2D eigenvalue weighted by atomic mass is 9.93. The monoisotopic (exact) mass is 342 g/mol. The summed E-state index contributed by atoms with van der Waals surface area (Å²) in [5, 5.41) is 3.96. The van der Waals surface area contributed by atoms with E-state index in [1.165, 1.54) is 30.8 Å². The van der Waals surface area contributed by atoms with Crippen molar-refractivity contribution in [1.29, 1.82) is 0 Å². The minimum atomic E-state index is -0.310. The van der Waals surface area contributed by atoms with Crippen molar-refractivity contribution in [1.82, 2.24) is 10.2 Å². The van der Waals surface area contributed by atoms with Gasteiger partial charge >= 0.3 is 0 Å². The van der Waals surface area contributed by atoms with E-state index in [0.717, 1.165) is 18.7 Å². The van der Waals surface area contributed by atoms with E-state index < -0.39 is 0 Å². The van der Waals surface area contributed by atoms with Gasteiger partial charge in [-0.3, -0.25) is 4.90 Å². The van der Waals surface area contributed by atoms with E-state index >= 15 is 0 Å². The maximum absolute atomic E-state index is 13.8. The lowest BCUT2D eigenvalue weighted by Crippen LogP contribution is -2.37. The molecule has 2 fully saturated rings. The Morgan fingerprint density at radius 1 is 1.32 bits per heavy atom. The van der Waals surface area contributed by atoms with Gasteiger partial charge in [0.25, 0.3) is 0 Å². The van der Waals surface area contributed by atoms with Gasteiger partial charge in [-0.25, -0.2) is 4.39 Å². The van der Waals surface area contributed by atoms with Gasteiger partial charge in [0.2, 0.25) is 0 Å². The van der Waals surface area contributed by atoms with Crippen LogP contribution < -0.4 is 5.32 Å². The molecule has 0 aliphatic carbocycles. The van der Waals surface area contributed by atoms with Gasteiger partial charge in [0.1, 0.15) is 5.82 Å². The Labute approximate surface area is 141 Å². The van der Waals surface area contributed by atoms with Crippen molar-refractivity contribution in [2.45, 2.75) is 31.3 Å². The standard InChI is InChI=1S/C17H24ClFN2S/c1-21-7-4-13(11-20-14-5-8-22-9-6-14)17(21)12-2-3-15(18)16(19)10-12/h2-3,10,13-14,17,20H,4-9,11H2,1H3/t13-,17-/m0/s1. The molecule has 0 saturated carbocycles. The molecule has 2 atom stereocenters. The fourth-order valence-corrected chi connectivity index (χ4v) is 4.91. The summed E-state index contributed by atoms with van der Waals surface area (Å²) in [6.07, 6.45) is 3.71. The fraction of sp³-hybridized carbons (Fsp3) is 0.647. The average Bonchev–Trinajstić information content (AvgIpc) is 2.90. The van der Waals surface area contributed by atoms with Gasteiger partial charge in [0.15, 0.2) is 0 Å². The zero-order valence-electron chi connectivity index (χ0n) is 13.0. The van der Waals surface area contributed by atoms with E-state index in [0.29, 0.717) is 12.0 Å². The van der Waals surface area contributed by atoms with Gasteiger partial charge in [0, 0.05) is 18.6 Å². The molecule has 0 bridgehead atoms. The van der Waals surface area contributed by atoms with E-state index in [9.17, 15) is 4.39 Å². The number of rotatable bonds is 4. The number of benzene rings is 1. The van der Waals surface area contributed by atoms with Crippen LogP contribution in [0.4, 0.5) is 4.39 Å². The van der Waals surface area contributed by atoms with Crippen LogP contribution in [0, 0.1) is 11.7 Å². The highest BCUT2D eigenvalue weighted by Crippen LogP contribution is 2.37. The van der Waals surface area contributed by atoms with Crippen molar-refractivity contribution in [2.75, 3.05) is 31.6 Å². The summed E-state index contributed by atoms with van der Waals surface area (Å²) in [6, 6.07) is 6.22. The average molecular weight is 343 g/mol. The van der Waals surface area contributed by atoms with Crippen LogP contribution in [0.25, 0.3) is 0 Å². The highest BCUT2D eigenvalue weighted by Gasteiger charge is 2.33. The molecule has 2 saturated heterocycles. The van der Waals surface area contributed by atoms with Crippen LogP contribution in [0.1, 0.15) is 30.9 Å². The molecule has 22 heavy (non-hydrogen) atoms. The Bertz CT molecular complexity index is 507. The number of nitrogens with one attached hydrogen (secondary N) is 1. The smallest absolute Gasteiger partial charge is 0.142 e. The zero-order chi connectivity index (χ0) is 15.5. The van der Waals surface area contributed by atoms with Gasteiger partial charge in [-0.15, -0.1) is 0 Å². The number of hydrogen-bond acceptors (Lipinski definition) is 3. The van der Waals surface area contributed by atoms with E-state index in [-0.39, 0.29) is 16.9 Å². The molecular weight excluding hydrogens is 319 g/mol.